The van der Waals surface area contributed by atoms with E-state index in [-0.39, 0.29) is 0 Å². The molecule has 2 rings (SSSR count). The summed E-state index contributed by atoms with van der Waals surface area (Å²) < 4.78 is 0. The van der Waals surface area contributed by atoms with Crippen molar-refractivity contribution in [2.24, 2.45) is 5.41 Å². The standard InChI is InChI=1S/C17H27NS/c1-4-19-16-10-6-5-9-15(16)18-14-8-7-12-17(2,3)13-11-14/h5-6,9-10,14,18H,4,7-8,11-13H2,1-3H3. The van der Waals surface area contributed by atoms with Crippen LogP contribution in [0.25, 0.3) is 0 Å². The summed E-state index contributed by atoms with van der Waals surface area (Å²) in [5.41, 5.74) is 1.87. The molecule has 1 N–H and O–H groups in total. The zero-order chi connectivity index (χ0) is 13.7. The van der Waals surface area contributed by atoms with Crippen LogP contribution in [0.2, 0.25) is 0 Å². The minimum absolute atomic E-state index is 0.536. The molecule has 0 radical (unpaired) electrons. The predicted octanol–water partition coefficient (Wildman–Crippen LogP) is 5.57. The van der Waals surface area contributed by atoms with Gasteiger partial charge in [0.1, 0.15) is 0 Å². The molecule has 0 bridgehead atoms. The lowest BCUT2D eigenvalue weighted by atomic mass is 9.85. The zero-order valence-electron chi connectivity index (χ0n) is 12.5. The number of thioether (sulfide) groups is 1. The van der Waals surface area contributed by atoms with E-state index in [1.807, 2.05) is 11.8 Å². The van der Waals surface area contributed by atoms with E-state index in [2.05, 4.69) is 50.4 Å². The Kier molecular flexibility index (Phi) is 5.20. The van der Waals surface area contributed by atoms with Crippen LogP contribution in [0.5, 0.6) is 0 Å². The van der Waals surface area contributed by atoms with Crippen molar-refractivity contribution in [3.05, 3.63) is 24.3 Å². The molecule has 0 amide bonds. The number of hydrogen-bond acceptors (Lipinski definition) is 2. The lowest BCUT2D eigenvalue weighted by molar-refractivity contribution is 0.313. The molecular formula is C17H27NS. The molecule has 0 aromatic heterocycles. The average Bonchev–Trinajstić information content (AvgIpc) is 2.54. The second-order valence-electron chi connectivity index (χ2n) is 6.37. The SMILES string of the molecule is CCSc1ccccc1NC1CCCC(C)(C)CC1. The molecule has 1 saturated carbocycles. The van der Waals surface area contributed by atoms with Gasteiger partial charge < -0.3 is 5.32 Å². The topological polar surface area (TPSA) is 12.0 Å². The van der Waals surface area contributed by atoms with Crippen molar-refractivity contribution >= 4 is 17.4 Å². The van der Waals surface area contributed by atoms with Crippen LogP contribution in [0.3, 0.4) is 0 Å². The Bertz CT molecular complexity index is 400. The van der Waals surface area contributed by atoms with Crippen LogP contribution in [-0.4, -0.2) is 11.8 Å². The molecule has 1 atom stereocenters. The molecule has 0 heterocycles. The average molecular weight is 277 g/mol. The van der Waals surface area contributed by atoms with Crippen LogP contribution in [-0.2, 0) is 0 Å². The van der Waals surface area contributed by atoms with Gasteiger partial charge in [-0.25, -0.2) is 0 Å². The normalized spacial score (nSPS) is 22.8. The van der Waals surface area contributed by atoms with E-state index in [0.29, 0.717) is 11.5 Å². The molecule has 1 nitrogen and oxygen atoms in total. The molecule has 1 aromatic rings. The van der Waals surface area contributed by atoms with Gasteiger partial charge in [0.05, 0.1) is 0 Å². The van der Waals surface area contributed by atoms with Crippen molar-refractivity contribution < 1.29 is 0 Å². The maximum Gasteiger partial charge on any atom is 0.0480 e. The highest BCUT2D eigenvalue weighted by Gasteiger charge is 2.24. The summed E-state index contributed by atoms with van der Waals surface area (Å²) in [5, 5.41) is 3.79. The molecule has 0 saturated heterocycles. The summed E-state index contributed by atoms with van der Waals surface area (Å²) in [6.07, 6.45) is 6.69. The fourth-order valence-electron chi connectivity index (χ4n) is 2.89. The third-order valence-corrected chi connectivity index (χ3v) is 5.08. The molecule has 1 aliphatic carbocycles. The number of anilines is 1. The van der Waals surface area contributed by atoms with E-state index in [4.69, 9.17) is 0 Å². The highest BCUT2D eigenvalue weighted by Crippen LogP contribution is 2.35. The first-order valence-electron chi connectivity index (χ1n) is 7.59. The van der Waals surface area contributed by atoms with Crippen molar-refractivity contribution in [3.8, 4) is 0 Å². The van der Waals surface area contributed by atoms with Gasteiger partial charge in [-0.2, -0.15) is 0 Å². The van der Waals surface area contributed by atoms with E-state index in [1.165, 1.54) is 42.7 Å². The smallest absolute Gasteiger partial charge is 0.0480 e. The van der Waals surface area contributed by atoms with E-state index >= 15 is 0 Å². The van der Waals surface area contributed by atoms with Crippen LogP contribution in [0, 0.1) is 5.41 Å². The lowest BCUT2D eigenvalue weighted by Crippen LogP contribution is -2.19. The van der Waals surface area contributed by atoms with E-state index in [1.54, 1.807) is 0 Å². The first-order valence-corrected chi connectivity index (χ1v) is 8.58. The first kappa shape index (κ1) is 14.8. The summed E-state index contributed by atoms with van der Waals surface area (Å²) in [5.74, 6) is 1.14. The molecule has 19 heavy (non-hydrogen) atoms. The molecule has 1 fully saturated rings. The van der Waals surface area contributed by atoms with Crippen molar-refractivity contribution in [3.63, 3.8) is 0 Å². The van der Waals surface area contributed by atoms with Crippen molar-refractivity contribution in [1.82, 2.24) is 0 Å². The van der Waals surface area contributed by atoms with Crippen LogP contribution < -0.4 is 5.32 Å². The van der Waals surface area contributed by atoms with Gasteiger partial charge in [0, 0.05) is 16.6 Å². The predicted molar refractivity (Wildman–Crippen MR) is 87.1 cm³/mol. The third kappa shape index (κ3) is 4.45. The molecule has 106 valence electrons. The number of para-hydroxylation sites is 1. The van der Waals surface area contributed by atoms with E-state index < -0.39 is 0 Å². The number of benzene rings is 1. The van der Waals surface area contributed by atoms with Crippen LogP contribution in [0.1, 0.15) is 52.9 Å². The zero-order valence-corrected chi connectivity index (χ0v) is 13.4. The quantitative estimate of drug-likeness (QED) is 0.570. The summed E-state index contributed by atoms with van der Waals surface area (Å²) in [6.45, 7) is 7.04. The minimum Gasteiger partial charge on any atom is -0.381 e. The molecule has 0 spiro atoms. The lowest BCUT2D eigenvalue weighted by Gasteiger charge is -2.23. The Hall–Kier alpha value is -0.630. The maximum absolute atomic E-state index is 3.79. The van der Waals surface area contributed by atoms with Crippen LogP contribution >= 0.6 is 11.8 Å². The summed E-state index contributed by atoms with van der Waals surface area (Å²) in [4.78, 5) is 1.40. The molecule has 0 aliphatic heterocycles. The van der Waals surface area contributed by atoms with Gasteiger partial charge in [-0.3, -0.25) is 0 Å². The van der Waals surface area contributed by atoms with Crippen LogP contribution in [0.15, 0.2) is 29.2 Å². The Labute approximate surface area is 122 Å². The second-order valence-corrected chi connectivity index (χ2v) is 7.67. The number of nitrogens with one attached hydrogen (secondary N) is 1. The van der Waals surface area contributed by atoms with Gasteiger partial charge in [0.2, 0.25) is 0 Å². The van der Waals surface area contributed by atoms with Gasteiger partial charge >= 0.3 is 0 Å². The fraction of sp³-hybridized carbons (Fsp3) is 0.647. The van der Waals surface area contributed by atoms with Crippen molar-refractivity contribution in [2.45, 2.75) is 63.8 Å². The molecule has 1 aromatic carbocycles. The van der Waals surface area contributed by atoms with Gasteiger partial charge in [-0.15, -0.1) is 11.8 Å². The highest BCUT2D eigenvalue weighted by atomic mass is 32.2. The summed E-state index contributed by atoms with van der Waals surface area (Å²) in [7, 11) is 0. The monoisotopic (exact) mass is 277 g/mol. The highest BCUT2D eigenvalue weighted by molar-refractivity contribution is 7.99. The molecule has 1 unspecified atom stereocenters. The molecule has 1 aliphatic rings. The maximum atomic E-state index is 3.79. The van der Waals surface area contributed by atoms with E-state index in [0.717, 1.165) is 5.75 Å². The third-order valence-electron chi connectivity index (χ3n) is 4.12. The Morgan fingerprint density at radius 2 is 2.00 bits per heavy atom. The summed E-state index contributed by atoms with van der Waals surface area (Å²) in [6, 6.07) is 9.40. The van der Waals surface area contributed by atoms with Gasteiger partial charge in [0.15, 0.2) is 0 Å². The van der Waals surface area contributed by atoms with Gasteiger partial charge in [0.25, 0.3) is 0 Å². The summed E-state index contributed by atoms with van der Waals surface area (Å²) >= 11 is 1.93. The Balaban J connectivity index is 2.01. The fourth-order valence-corrected chi connectivity index (χ4v) is 3.66. The largest absolute Gasteiger partial charge is 0.381 e. The van der Waals surface area contributed by atoms with Crippen LogP contribution in [0.4, 0.5) is 5.69 Å². The number of rotatable bonds is 4. The molecular weight excluding hydrogens is 250 g/mol. The Morgan fingerprint density at radius 3 is 2.79 bits per heavy atom. The molecule has 2 heteroatoms. The Morgan fingerprint density at radius 1 is 1.21 bits per heavy atom. The first-order chi connectivity index (χ1) is 9.11. The van der Waals surface area contributed by atoms with Gasteiger partial charge in [-0.05, 0) is 49.0 Å². The van der Waals surface area contributed by atoms with Crippen molar-refractivity contribution in [1.29, 1.82) is 0 Å². The van der Waals surface area contributed by atoms with E-state index in [9.17, 15) is 0 Å². The van der Waals surface area contributed by atoms with Gasteiger partial charge in [-0.1, -0.05) is 39.3 Å². The van der Waals surface area contributed by atoms with Crippen molar-refractivity contribution in [2.75, 3.05) is 11.1 Å². The second kappa shape index (κ2) is 6.69. The minimum atomic E-state index is 0.536. The number of hydrogen-bond donors (Lipinski definition) is 1.